The zero-order chi connectivity index (χ0) is 23.3. The topological polar surface area (TPSA) is 63.8 Å². The summed E-state index contributed by atoms with van der Waals surface area (Å²) in [5.74, 6) is 2.80. The van der Waals surface area contributed by atoms with E-state index in [9.17, 15) is 0 Å². The first kappa shape index (κ1) is 23.0. The van der Waals surface area contributed by atoms with Crippen molar-refractivity contribution in [3.05, 3.63) is 76.4 Å². The Morgan fingerprint density at radius 1 is 1.03 bits per heavy atom. The molecule has 2 heterocycles. The van der Waals surface area contributed by atoms with Crippen molar-refractivity contribution < 1.29 is 0 Å². The molecule has 3 N–H and O–H groups in total. The summed E-state index contributed by atoms with van der Waals surface area (Å²) in [5, 5.41) is 7.38. The van der Waals surface area contributed by atoms with Crippen LogP contribution in [0.15, 0.2) is 60.0 Å². The van der Waals surface area contributed by atoms with Crippen molar-refractivity contribution in [3.63, 3.8) is 0 Å². The molecule has 1 saturated carbocycles. The quantitative estimate of drug-likeness (QED) is 0.285. The van der Waals surface area contributed by atoms with E-state index >= 15 is 0 Å². The molecule has 1 fully saturated rings. The summed E-state index contributed by atoms with van der Waals surface area (Å²) in [6.07, 6.45) is 8.97. The summed E-state index contributed by atoms with van der Waals surface area (Å²) >= 11 is 8.02. The lowest BCUT2D eigenvalue weighted by Crippen LogP contribution is -2.26. The van der Waals surface area contributed by atoms with Crippen LogP contribution in [0.25, 0.3) is 33.5 Å². The molecule has 2 aromatic carbocycles. The van der Waals surface area contributed by atoms with E-state index in [1.807, 2.05) is 24.3 Å². The Kier molecular flexibility index (Phi) is 7.24. The molecule has 6 heteroatoms. The number of nitrogens with two attached hydrogens (primary N) is 1. The van der Waals surface area contributed by atoms with Crippen LogP contribution in [-0.2, 0) is 0 Å². The number of hydrogen-bond donors (Lipinski definition) is 2. The maximum absolute atomic E-state index is 6.27. The van der Waals surface area contributed by atoms with Crippen molar-refractivity contribution in [1.29, 1.82) is 0 Å². The number of fused-ring (bicyclic) bond motifs is 1. The van der Waals surface area contributed by atoms with Crippen LogP contribution in [0, 0.1) is 11.8 Å². The Morgan fingerprint density at radius 3 is 2.68 bits per heavy atom. The highest BCUT2D eigenvalue weighted by molar-refractivity contribution is 7.13. The third kappa shape index (κ3) is 5.49. The molecule has 0 saturated heterocycles. The van der Waals surface area contributed by atoms with Crippen LogP contribution in [-0.4, -0.2) is 23.1 Å². The molecule has 0 bridgehead atoms. The Hall–Kier alpha value is -2.73. The number of rotatable bonds is 7. The molecule has 1 aliphatic rings. The van der Waals surface area contributed by atoms with Gasteiger partial charge in [0.05, 0.1) is 5.52 Å². The van der Waals surface area contributed by atoms with Gasteiger partial charge in [-0.3, -0.25) is 0 Å². The second-order valence-electron chi connectivity index (χ2n) is 9.04. The normalized spacial score (nSPS) is 18.5. The fraction of sp³-hybridized carbons (Fsp3) is 0.286. The minimum absolute atomic E-state index is 0.625. The van der Waals surface area contributed by atoms with Gasteiger partial charge >= 0.3 is 0 Å². The molecular formula is C28H29ClN4S. The minimum atomic E-state index is 0.625. The van der Waals surface area contributed by atoms with Crippen LogP contribution in [0.5, 0.6) is 0 Å². The van der Waals surface area contributed by atoms with Gasteiger partial charge in [-0.15, -0.1) is 11.3 Å². The van der Waals surface area contributed by atoms with Gasteiger partial charge in [-0.25, -0.2) is 9.97 Å². The Balaban J connectivity index is 1.36. The van der Waals surface area contributed by atoms with Crippen molar-refractivity contribution in [2.24, 2.45) is 17.6 Å². The highest BCUT2D eigenvalue weighted by Gasteiger charge is 2.21. The Labute approximate surface area is 209 Å². The molecule has 0 aliphatic heterocycles. The highest BCUT2D eigenvalue weighted by Crippen LogP contribution is 2.30. The van der Waals surface area contributed by atoms with Crippen LogP contribution >= 0.6 is 22.9 Å². The third-order valence-electron chi connectivity index (χ3n) is 6.60. The van der Waals surface area contributed by atoms with E-state index in [0.29, 0.717) is 22.7 Å². The highest BCUT2D eigenvalue weighted by atomic mass is 35.5. The van der Waals surface area contributed by atoms with Gasteiger partial charge in [0.1, 0.15) is 5.82 Å². The first-order valence-corrected chi connectivity index (χ1v) is 13.2. The fourth-order valence-corrected chi connectivity index (χ4v) is 5.64. The van der Waals surface area contributed by atoms with Gasteiger partial charge in [-0.1, -0.05) is 54.4 Å². The zero-order valence-electron chi connectivity index (χ0n) is 19.1. The predicted molar refractivity (Wildman–Crippen MR) is 146 cm³/mol. The lowest BCUT2D eigenvalue weighted by molar-refractivity contribution is 0.281. The molecule has 4 nitrogen and oxygen atoms in total. The number of aromatic nitrogens is 2. The van der Waals surface area contributed by atoms with Crippen LogP contribution in [0.1, 0.15) is 37.1 Å². The average molecular weight is 489 g/mol. The Bertz CT molecular complexity index is 1270. The first-order chi connectivity index (χ1) is 16.7. The standard InChI is InChI=1S/C28H29ClN4S/c29-23-11-12-24-25(16-23)32-27(33-28(24)31-18-21-4-1-3-20(15-21)17-30)13-8-19-6-9-22(10-7-19)26-5-2-14-34-26/h2,5-14,16,20-21H,1,3-4,15,17-18,30H2,(H,31,32,33)/b13-8+. The van der Waals surface area contributed by atoms with Gasteiger partial charge in [-0.2, -0.15) is 0 Å². The number of thiophene rings is 1. The average Bonchev–Trinajstić information content (AvgIpc) is 3.41. The third-order valence-corrected chi connectivity index (χ3v) is 7.75. The molecular weight excluding hydrogens is 460 g/mol. The SMILES string of the molecule is NCC1CCCC(CNc2nc(/C=C/c3ccc(-c4cccs4)cc3)nc3cc(Cl)ccc23)C1. The molecule has 34 heavy (non-hydrogen) atoms. The number of nitrogens with zero attached hydrogens (tertiary/aromatic N) is 2. The van der Waals surface area contributed by atoms with E-state index in [1.54, 1.807) is 11.3 Å². The lowest BCUT2D eigenvalue weighted by Gasteiger charge is -2.28. The maximum Gasteiger partial charge on any atom is 0.154 e. The van der Waals surface area contributed by atoms with Crippen LogP contribution in [0.2, 0.25) is 5.02 Å². The van der Waals surface area contributed by atoms with Crippen molar-refractivity contribution in [2.75, 3.05) is 18.4 Å². The second-order valence-corrected chi connectivity index (χ2v) is 10.4. The van der Waals surface area contributed by atoms with Crippen LogP contribution < -0.4 is 11.1 Å². The first-order valence-electron chi connectivity index (χ1n) is 11.9. The smallest absolute Gasteiger partial charge is 0.154 e. The predicted octanol–water partition coefficient (Wildman–Crippen LogP) is 7.36. The summed E-state index contributed by atoms with van der Waals surface area (Å²) in [6, 6.07) is 18.6. The number of nitrogens with one attached hydrogen (secondary N) is 1. The van der Waals surface area contributed by atoms with Crippen molar-refractivity contribution in [1.82, 2.24) is 9.97 Å². The summed E-state index contributed by atoms with van der Waals surface area (Å²) in [5.41, 5.74) is 9.13. The van der Waals surface area contributed by atoms with Gasteiger partial charge in [0.2, 0.25) is 0 Å². The zero-order valence-corrected chi connectivity index (χ0v) is 20.7. The summed E-state index contributed by atoms with van der Waals surface area (Å²) in [6.45, 7) is 1.69. The fourth-order valence-electron chi connectivity index (χ4n) is 4.74. The van der Waals surface area contributed by atoms with Crippen molar-refractivity contribution in [2.45, 2.75) is 25.7 Å². The molecule has 174 valence electrons. The van der Waals surface area contributed by atoms with E-state index in [4.69, 9.17) is 27.3 Å². The van der Waals surface area contributed by atoms with Crippen molar-refractivity contribution >= 4 is 51.8 Å². The van der Waals surface area contributed by atoms with Crippen LogP contribution in [0.4, 0.5) is 5.82 Å². The van der Waals surface area contributed by atoms with Gasteiger partial charge < -0.3 is 11.1 Å². The van der Waals surface area contributed by atoms with E-state index in [-0.39, 0.29) is 0 Å². The number of halogens is 1. The summed E-state index contributed by atoms with van der Waals surface area (Å²) in [7, 11) is 0. The second kappa shape index (κ2) is 10.7. The molecule has 0 radical (unpaired) electrons. The molecule has 2 atom stereocenters. The van der Waals surface area contributed by atoms with Gasteiger partial charge in [-0.05, 0) is 84.5 Å². The minimum Gasteiger partial charge on any atom is -0.369 e. The van der Waals surface area contributed by atoms with E-state index < -0.39 is 0 Å². The molecule has 2 aromatic heterocycles. The molecule has 2 unspecified atom stereocenters. The Morgan fingerprint density at radius 2 is 1.88 bits per heavy atom. The number of anilines is 1. The maximum atomic E-state index is 6.27. The molecule has 1 aliphatic carbocycles. The monoisotopic (exact) mass is 488 g/mol. The lowest BCUT2D eigenvalue weighted by atomic mass is 9.81. The van der Waals surface area contributed by atoms with E-state index in [2.05, 4.69) is 53.2 Å². The van der Waals surface area contributed by atoms with Crippen LogP contribution in [0.3, 0.4) is 0 Å². The molecule has 4 aromatic rings. The van der Waals surface area contributed by atoms with Gasteiger partial charge in [0.15, 0.2) is 5.82 Å². The van der Waals surface area contributed by atoms with Gasteiger partial charge in [0, 0.05) is 21.8 Å². The summed E-state index contributed by atoms with van der Waals surface area (Å²) in [4.78, 5) is 10.9. The van der Waals surface area contributed by atoms with Crippen molar-refractivity contribution in [3.8, 4) is 10.4 Å². The number of hydrogen-bond acceptors (Lipinski definition) is 5. The van der Waals surface area contributed by atoms with Gasteiger partial charge in [0.25, 0.3) is 0 Å². The molecule has 0 amide bonds. The van der Waals surface area contributed by atoms with E-state index in [1.165, 1.54) is 36.1 Å². The molecule has 5 rings (SSSR count). The largest absolute Gasteiger partial charge is 0.369 e. The van der Waals surface area contributed by atoms with E-state index in [0.717, 1.165) is 35.4 Å². The molecule has 0 spiro atoms. The number of benzene rings is 2. The summed E-state index contributed by atoms with van der Waals surface area (Å²) < 4.78 is 0.